The molecule has 0 atom stereocenters. The zero-order valence-electron chi connectivity index (χ0n) is 17.4. The van der Waals surface area contributed by atoms with Crippen LogP contribution in [0.15, 0.2) is 77.3 Å². The SMILES string of the molecule is CS(=O)(=O)CCCOc1nn2c(-c3cc4ccccc4o3)cnc2cc1-c1ccccc1. The minimum Gasteiger partial charge on any atom is -0.476 e. The number of rotatable bonds is 7. The second-order valence-electron chi connectivity index (χ2n) is 7.62. The normalized spacial score (nSPS) is 11.9. The Morgan fingerprint density at radius 3 is 2.59 bits per heavy atom. The highest BCUT2D eigenvalue weighted by atomic mass is 32.2. The lowest BCUT2D eigenvalue weighted by Gasteiger charge is -2.12. The van der Waals surface area contributed by atoms with Gasteiger partial charge < -0.3 is 9.15 Å². The molecule has 0 bridgehead atoms. The molecule has 0 unspecified atom stereocenters. The van der Waals surface area contributed by atoms with Crippen LogP contribution in [0, 0.1) is 0 Å². The fourth-order valence-corrected chi connectivity index (χ4v) is 4.24. The molecular formula is C24H21N3O4S. The van der Waals surface area contributed by atoms with Crippen LogP contribution in [0.3, 0.4) is 0 Å². The Morgan fingerprint density at radius 1 is 1.03 bits per heavy atom. The molecule has 0 saturated heterocycles. The topological polar surface area (TPSA) is 86.7 Å². The number of fused-ring (bicyclic) bond motifs is 2. The summed E-state index contributed by atoms with van der Waals surface area (Å²) in [7, 11) is -3.05. The molecule has 3 aromatic heterocycles. The third kappa shape index (κ3) is 4.09. The van der Waals surface area contributed by atoms with E-state index in [1.54, 1.807) is 10.7 Å². The molecule has 0 amide bonds. The van der Waals surface area contributed by atoms with Crippen LogP contribution in [0.4, 0.5) is 0 Å². The van der Waals surface area contributed by atoms with Crippen LogP contribution in [-0.2, 0) is 9.84 Å². The number of furan rings is 1. The van der Waals surface area contributed by atoms with Crippen molar-refractivity contribution in [1.29, 1.82) is 0 Å². The van der Waals surface area contributed by atoms with Gasteiger partial charge in [-0.25, -0.2) is 17.9 Å². The monoisotopic (exact) mass is 447 g/mol. The molecule has 0 aliphatic heterocycles. The lowest BCUT2D eigenvalue weighted by molar-refractivity contribution is 0.302. The maximum Gasteiger partial charge on any atom is 0.239 e. The number of para-hydroxylation sites is 1. The summed E-state index contributed by atoms with van der Waals surface area (Å²) in [4.78, 5) is 4.53. The van der Waals surface area contributed by atoms with E-state index in [1.807, 2.05) is 66.7 Å². The molecule has 32 heavy (non-hydrogen) atoms. The first-order valence-electron chi connectivity index (χ1n) is 10.2. The Balaban J connectivity index is 1.57. The summed E-state index contributed by atoms with van der Waals surface area (Å²) < 4.78 is 36.6. The van der Waals surface area contributed by atoms with Crippen molar-refractivity contribution in [1.82, 2.24) is 14.6 Å². The number of sulfone groups is 1. The van der Waals surface area contributed by atoms with E-state index in [4.69, 9.17) is 14.3 Å². The van der Waals surface area contributed by atoms with E-state index < -0.39 is 9.84 Å². The molecule has 5 aromatic rings. The van der Waals surface area contributed by atoms with Gasteiger partial charge in [0.05, 0.1) is 18.6 Å². The second kappa shape index (κ2) is 8.12. The molecule has 0 radical (unpaired) electrons. The van der Waals surface area contributed by atoms with Gasteiger partial charge >= 0.3 is 0 Å². The molecule has 0 saturated carbocycles. The van der Waals surface area contributed by atoms with Crippen LogP contribution in [0.5, 0.6) is 5.88 Å². The van der Waals surface area contributed by atoms with Crippen molar-refractivity contribution in [3.05, 3.63) is 72.9 Å². The van der Waals surface area contributed by atoms with E-state index in [-0.39, 0.29) is 12.4 Å². The van der Waals surface area contributed by atoms with Gasteiger partial charge in [-0.2, -0.15) is 0 Å². The largest absolute Gasteiger partial charge is 0.476 e. The average Bonchev–Trinajstić information content (AvgIpc) is 3.39. The lowest BCUT2D eigenvalue weighted by Crippen LogP contribution is -2.10. The van der Waals surface area contributed by atoms with Gasteiger partial charge in [0, 0.05) is 17.2 Å². The van der Waals surface area contributed by atoms with Crippen LogP contribution in [-0.4, -0.2) is 41.6 Å². The van der Waals surface area contributed by atoms with Crippen LogP contribution in [0.1, 0.15) is 6.42 Å². The smallest absolute Gasteiger partial charge is 0.239 e. The number of benzene rings is 2. The number of imidazole rings is 1. The molecule has 5 rings (SSSR count). The predicted octanol–water partition coefficient (Wildman–Crippen LogP) is 4.62. The first-order chi connectivity index (χ1) is 15.5. The Morgan fingerprint density at radius 2 is 1.81 bits per heavy atom. The summed E-state index contributed by atoms with van der Waals surface area (Å²) in [5, 5.41) is 5.71. The third-order valence-corrected chi connectivity index (χ3v) is 6.15. The summed E-state index contributed by atoms with van der Waals surface area (Å²) in [5.74, 6) is 1.12. The Labute approximate surface area is 185 Å². The molecule has 162 valence electrons. The van der Waals surface area contributed by atoms with Crippen LogP contribution < -0.4 is 4.74 Å². The lowest BCUT2D eigenvalue weighted by atomic mass is 10.1. The van der Waals surface area contributed by atoms with E-state index in [9.17, 15) is 8.42 Å². The maximum absolute atomic E-state index is 11.5. The highest BCUT2D eigenvalue weighted by Gasteiger charge is 2.17. The fourth-order valence-electron chi connectivity index (χ4n) is 3.60. The van der Waals surface area contributed by atoms with Crippen molar-refractivity contribution in [2.24, 2.45) is 0 Å². The van der Waals surface area contributed by atoms with E-state index in [0.29, 0.717) is 29.4 Å². The minimum atomic E-state index is -3.05. The predicted molar refractivity (Wildman–Crippen MR) is 123 cm³/mol. The van der Waals surface area contributed by atoms with Crippen molar-refractivity contribution in [2.45, 2.75) is 6.42 Å². The summed E-state index contributed by atoms with van der Waals surface area (Å²) in [5.41, 5.74) is 3.88. The number of hydrogen-bond donors (Lipinski definition) is 0. The van der Waals surface area contributed by atoms with Crippen molar-refractivity contribution in [2.75, 3.05) is 18.6 Å². The number of nitrogens with zero attached hydrogens (tertiary/aromatic N) is 3. The van der Waals surface area contributed by atoms with E-state index in [0.717, 1.165) is 22.1 Å². The van der Waals surface area contributed by atoms with Crippen molar-refractivity contribution in [3.63, 3.8) is 0 Å². The van der Waals surface area contributed by atoms with Crippen molar-refractivity contribution in [3.8, 4) is 28.5 Å². The van der Waals surface area contributed by atoms with Gasteiger partial charge in [0.1, 0.15) is 21.1 Å². The molecule has 7 nitrogen and oxygen atoms in total. The zero-order valence-corrected chi connectivity index (χ0v) is 18.2. The minimum absolute atomic E-state index is 0.0607. The van der Waals surface area contributed by atoms with Gasteiger partial charge in [-0.1, -0.05) is 48.5 Å². The Kier molecular flexibility index (Phi) is 5.14. The van der Waals surface area contributed by atoms with Crippen LogP contribution in [0.2, 0.25) is 0 Å². The molecule has 0 spiro atoms. The summed E-state index contributed by atoms with van der Waals surface area (Å²) in [6, 6.07) is 21.4. The molecule has 0 N–H and O–H groups in total. The first kappa shape index (κ1) is 20.3. The van der Waals surface area contributed by atoms with Gasteiger partial charge in [-0.15, -0.1) is 5.10 Å². The summed E-state index contributed by atoms with van der Waals surface area (Å²) >= 11 is 0. The molecular weight excluding hydrogens is 426 g/mol. The molecule has 3 heterocycles. The molecule has 8 heteroatoms. The number of hydrogen-bond acceptors (Lipinski definition) is 6. The fraction of sp³-hybridized carbons (Fsp3) is 0.167. The molecule has 2 aromatic carbocycles. The first-order valence-corrected chi connectivity index (χ1v) is 12.3. The quantitative estimate of drug-likeness (QED) is 0.338. The standard InChI is InChI=1S/C24H21N3O4S/c1-32(28,29)13-7-12-30-24-19(17-8-3-2-4-9-17)15-23-25-16-20(27(23)26-24)22-14-18-10-5-6-11-21(18)31-22/h2-6,8-11,14-16H,7,12-13H2,1H3. The highest BCUT2D eigenvalue weighted by molar-refractivity contribution is 7.90. The summed E-state index contributed by atoms with van der Waals surface area (Å²) in [6.07, 6.45) is 3.33. The van der Waals surface area contributed by atoms with E-state index in [2.05, 4.69) is 4.98 Å². The van der Waals surface area contributed by atoms with Crippen LogP contribution in [0.25, 0.3) is 39.2 Å². The number of ether oxygens (including phenoxy) is 1. The third-order valence-electron chi connectivity index (χ3n) is 5.12. The van der Waals surface area contributed by atoms with E-state index in [1.165, 1.54) is 6.26 Å². The zero-order chi connectivity index (χ0) is 22.1. The van der Waals surface area contributed by atoms with Gasteiger partial charge in [0.2, 0.25) is 5.88 Å². The van der Waals surface area contributed by atoms with Gasteiger partial charge in [-0.3, -0.25) is 0 Å². The second-order valence-corrected chi connectivity index (χ2v) is 9.88. The Hall–Kier alpha value is -3.65. The molecule has 0 aliphatic carbocycles. The number of aromatic nitrogens is 3. The van der Waals surface area contributed by atoms with Gasteiger partial charge in [-0.05, 0) is 30.2 Å². The maximum atomic E-state index is 11.5. The summed E-state index contributed by atoms with van der Waals surface area (Å²) in [6.45, 7) is 0.236. The molecule has 0 fully saturated rings. The van der Waals surface area contributed by atoms with Crippen molar-refractivity contribution < 1.29 is 17.6 Å². The highest BCUT2D eigenvalue weighted by Crippen LogP contribution is 2.32. The van der Waals surface area contributed by atoms with Gasteiger partial charge in [0.25, 0.3) is 0 Å². The Bertz CT molecular complexity index is 1470. The van der Waals surface area contributed by atoms with Gasteiger partial charge in [0.15, 0.2) is 11.4 Å². The van der Waals surface area contributed by atoms with E-state index >= 15 is 0 Å². The average molecular weight is 448 g/mol. The van der Waals surface area contributed by atoms with Crippen molar-refractivity contribution >= 4 is 26.5 Å². The molecule has 0 aliphatic rings. The van der Waals surface area contributed by atoms with Crippen LogP contribution >= 0.6 is 0 Å².